The Morgan fingerprint density at radius 1 is 1.38 bits per heavy atom. The second kappa shape index (κ2) is 4.95. The van der Waals surface area contributed by atoms with Crippen LogP contribution in [0.4, 0.5) is 8.78 Å². The molecule has 0 amide bonds. The highest BCUT2D eigenvalue weighted by molar-refractivity contribution is 5.85. The first-order valence-corrected chi connectivity index (χ1v) is 4.65. The van der Waals surface area contributed by atoms with E-state index in [1.54, 1.807) is 12.1 Å². The Bertz CT molecular complexity index is 358. The second-order valence-electron chi connectivity index (χ2n) is 3.67. The lowest BCUT2D eigenvalue weighted by Gasteiger charge is -2.39. The second-order valence-corrected chi connectivity index (χ2v) is 3.67. The molecule has 1 aliphatic heterocycles. The van der Waals surface area contributed by atoms with Crippen molar-refractivity contribution >= 4 is 12.4 Å². The van der Waals surface area contributed by atoms with Gasteiger partial charge in [0, 0.05) is 13.1 Å². The smallest absolute Gasteiger partial charge is 0.387 e. The van der Waals surface area contributed by atoms with E-state index in [0.717, 1.165) is 5.56 Å². The third kappa shape index (κ3) is 2.61. The van der Waals surface area contributed by atoms with Crippen LogP contribution in [0.15, 0.2) is 24.3 Å². The fraction of sp³-hybridized carbons (Fsp3) is 0.400. The molecule has 0 spiro atoms. The number of ether oxygens (including phenoxy) is 1. The number of hydrogen-bond acceptors (Lipinski definition) is 3. The minimum Gasteiger partial charge on any atom is -0.435 e. The monoisotopic (exact) mass is 250 g/mol. The largest absolute Gasteiger partial charge is 0.435 e. The molecule has 0 aliphatic carbocycles. The van der Waals surface area contributed by atoms with Gasteiger partial charge in [-0.05, 0) is 17.7 Å². The molecule has 90 valence electrons. The van der Waals surface area contributed by atoms with Gasteiger partial charge in [-0.1, -0.05) is 12.1 Å². The molecule has 1 heterocycles. The third-order valence-corrected chi connectivity index (χ3v) is 2.52. The maximum Gasteiger partial charge on any atom is 0.387 e. The van der Waals surface area contributed by atoms with Crippen molar-refractivity contribution in [2.75, 3.05) is 13.1 Å². The molecule has 0 atom stereocenters. The first-order valence-electron chi connectivity index (χ1n) is 4.65. The summed E-state index contributed by atoms with van der Waals surface area (Å²) in [7, 11) is 0. The molecule has 6 heteroatoms. The standard InChI is InChI=1S/C10H12F2N2O.ClH/c11-9(12)15-8-3-1-2-7(4-8)10(13)5-14-6-10;/h1-4,9,14H,5-6,13H2;1H. The van der Waals surface area contributed by atoms with Crippen LogP contribution in [0.1, 0.15) is 5.56 Å². The van der Waals surface area contributed by atoms with Gasteiger partial charge in [-0.3, -0.25) is 0 Å². The fourth-order valence-corrected chi connectivity index (χ4v) is 1.58. The lowest BCUT2D eigenvalue weighted by Crippen LogP contribution is -2.62. The third-order valence-electron chi connectivity index (χ3n) is 2.52. The van der Waals surface area contributed by atoms with Gasteiger partial charge in [0.1, 0.15) is 5.75 Å². The van der Waals surface area contributed by atoms with E-state index in [1.165, 1.54) is 6.07 Å². The predicted molar refractivity (Wildman–Crippen MR) is 59.1 cm³/mol. The lowest BCUT2D eigenvalue weighted by atomic mass is 9.85. The number of alkyl halides is 2. The molecule has 1 fully saturated rings. The summed E-state index contributed by atoms with van der Waals surface area (Å²) >= 11 is 0. The number of benzene rings is 1. The zero-order valence-corrected chi connectivity index (χ0v) is 9.27. The van der Waals surface area contributed by atoms with Crippen molar-refractivity contribution < 1.29 is 13.5 Å². The summed E-state index contributed by atoms with van der Waals surface area (Å²) < 4.78 is 28.3. The van der Waals surface area contributed by atoms with Gasteiger partial charge in [0.05, 0.1) is 5.54 Å². The van der Waals surface area contributed by atoms with Crippen LogP contribution >= 0.6 is 12.4 Å². The van der Waals surface area contributed by atoms with Crippen LogP contribution in [0.2, 0.25) is 0 Å². The maximum absolute atomic E-state index is 12.0. The summed E-state index contributed by atoms with van der Waals surface area (Å²) in [6.07, 6.45) is 0. The van der Waals surface area contributed by atoms with Crippen LogP contribution in [-0.4, -0.2) is 19.7 Å². The molecule has 0 bridgehead atoms. The van der Waals surface area contributed by atoms with Crippen LogP contribution in [0.25, 0.3) is 0 Å². The Kier molecular flexibility index (Phi) is 4.07. The molecular weight excluding hydrogens is 238 g/mol. The molecule has 3 nitrogen and oxygen atoms in total. The summed E-state index contributed by atoms with van der Waals surface area (Å²) in [5.74, 6) is 0.152. The first kappa shape index (κ1) is 13.2. The highest BCUT2D eigenvalue weighted by Gasteiger charge is 2.34. The summed E-state index contributed by atoms with van der Waals surface area (Å²) in [6.45, 7) is -1.48. The summed E-state index contributed by atoms with van der Waals surface area (Å²) in [5.41, 5.74) is 6.39. The molecule has 1 saturated heterocycles. The molecule has 1 aromatic rings. The van der Waals surface area contributed by atoms with E-state index in [4.69, 9.17) is 5.73 Å². The lowest BCUT2D eigenvalue weighted by molar-refractivity contribution is -0.0499. The highest BCUT2D eigenvalue weighted by Crippen LogP contribution is 2.26. The number of nitrogens with two attached hydrogens (primary N) is 1. The minimum atomic E-state index is -2.80. The summed E-state index contributed by atoms with van der Waals surface area (Å²) in [6, 6.07) is 6.54. The quantitative estimate of drug-likeness (QED) is 0.854. The van der Waals surface area contributed by atoms with Gasteiger partial charge in [0.2, 0.25) is 0 Å². The molecule has 0 aromatic heterocycles. The SMILES string of the molecule is Cl.NC1(c2cccc(OC(F)F)c2)CNC1. The molecule has 0 saturated carbocycles. The van der Waals surface area contributed by atoms with Gasteiger partial charge in [-0.15, -0.1) is 12.4 Å². The Labute approximate surface area is 98.4 Å². The Morgan fingerprint density at radius 2 is 2.06 bits per heavy atom. The van der Waals surface area contributed by atoms with E-state index in [9.17, 15) is 8.78 Å². The van der Waals surface area contributed by atoms with Gasteiger partial charge < -0.3 is 15.8 Å². The first-order chi connectivity index (χ1) is 7.10. The number of halogens is 3. The summed E-state index contributed by atoms with van der Waals surface area (Å²) in [5, 5.41) is 3.05. The molecule has 3 N–H and O–H groups in total. The highest BCUT2D eigenvalue weighted by atomic mass is 35.5. The molecule has 0 radical (unpaired) electrons. The van der Waals surface area contributed by atoms with Crippen LogP contribution in [0, 0.1) is 0 Å². The maximum atomic E-state index is 12.0. The van der Waals surface area contributed by atoms with Gasteiger partial charge in [0.15, 0.2) is 0 Å². The van der Waals surface area contributed by atoms with E-state index in [0.29, 0.717) is 13.1 Å². The minimum absolute atomic E-state index is 0. The van der Waals surface area contributed by atoms with Crippen molar-refractivity contribution in [3.63, 3.8) is 0 Å². The van der Waals surface area contributed by atoms with E-state index >= 15 is 0 Å². The zero-order valence-electron chi connectivity index (χ0n) is 8.45. The molecule has 2 rings (SSSR count). The molecule has 1 aliphatic rings. The zero-order chi connectivity index (χ0) is 10.9. The molecule has 1 aromatic carbocycles. The van der Waals surface area contributed by atoms with Crippen LogP contribution in [0.3, 0.4) is 0 Å². The fourth-order valence-electron chi connectivity index (χ4n) is 1.58. The molecule has 16 heavy (non-hydrogen) atoms. The average molecular weight is 251 g/mol. The number of hydrogen-bond donors (Lipinski definition) is 2. The summed E-state index contributed by atoms with van der Waals surface area (Å²) in [4.78, 5) is 0. The number of rotatable bonds is 3. The van der Waals surface area contributed by atoms with Gasteiger partial charge >= 0.3 is 6.61 Å². The van der Waals surface area contributed by atoms with Crippen molar-refractivity contribution in [2.24, 2.45) is 5.73 Å². The van der Waals surface area contributed by atoms with Gasteiger partial charge in [-0.2, -0.15) is 8.78 Å². The normalized spacial score (nSPS) is 17.5. The molecule has 0 unspecified atom stereocenters. The van der Waals surface area contributed by atoms with E-state index in [-0.39, 0.29) is 18.2 Å². The van der Waals surface area contributed by atoms with Crippen molar-refractivity contribution in [3.05, 3.63) is 29.8 Å². The van der Waals surface area contributed by atoms with Crippen LogP contribution < -0.4 is 15.8 Å². The van der Waals surface area contributed by atoms with Crippen molar-refractivity contribution in [1.29, 1.82) is 0 Å². The predicted octanol–water partition coefficient (Wildman–Crippen LogP) is 1.47. The van der Waals surface area contributed by atoms with E-state index in [1.807, 2.05) is 6.07 Å². The Balaban J connectivity index is 0.00000128. The van der Waals surface area contributed by atoms with E-state index < -0.39 is 12.2 Å². The van der Waals surface area contributed by atoms with Gasteiger partial charge in [0.25, 0.3) is 0 Å². The van der Waals surface area contributed by atoms with Crippen molar-refractivity contribution in [1.82, 2.24) is 5.32 Å². The molecular formula is C10H13ClF2N2O. The van der Waals surface area contributed by atoms with Crippen molar-refractivity contribution in [3.8, 4) is 5.75 Å². The van der Waals surface area contributed by atoms with Gasteiger partial charge in [-0.25, -0.2) is 0 Å². The number of nitrogens with one attached hydrogen (secondary N) is 1. The topological polar surface area (TPSA) is 47.3 Å². The van der Waals surface area contributed by atoms with E-state index in [2.05, 4.69) is 10.1 Å². The van der Waals surface area contributed by atoms with Crippen LogP contribution in [0.5, 0.6) is 5.75 Å². The average Bonchev–Trinajstić information content (AvgIpc) is 2.13. The Hall–Kier alpha value is -0.910. The Morgan fingerprint density at radius 3 is 2.56 bits per heavy atom. The van der Waals surface area contributed by atoms with Crippen molar-refractivity contribution in [2.45, 2.75) is 12.2 Å². The van der Waals surface area contributed by atoms with Crippen LogP contribution in [-0.2, 0) is 5.54 Å².